The number of sulfonamides is 1. The van der Waals surface area contributed by atoms with E-state index in [0.29, 0.717) is 13.1 Å². The molecule has 9 nitrogen and oxygen atoms in total. The number of rotatable bonds is 8. The van der Waals surface area contributed by atoms with Gasteiger partial charge in [-0.05, 0) is 5.56 Å². The first kappa shape index (κ1) is 21.3. The number of nitrogens with zero attached hydrogens (tertiary/aromatic N) is 4. The van der Waals surface area contributed by atoms with Crippen LogP contribution in [0.25, 0.3) is 0 Å². The summed E-state index contributed by atoms with van der Waals surface area (Å²) in [5, 5.41) is 7.11. The lowest BCUT2D eigenvalue weighted by atomic mass is 10.2. The third-order valence-corrected chi connectivity index (χ3v) is 6.08. The molecule has 0 saturated carbocycles. The zero-order valence-electron chi connectivity index (χ0n) is 16.6. The summed E-state index contributed by atoms with van der Waals surface area (Å²) in [7, 11) is -1.65. The van der Waals surface area contributed by atoms with E-state index in [4.69, 9.17) is 4.52 Å². The van der Waals surface area contributed by atoms with Crippen LogP contribution in [0.4, 0.5) is 0 Å². The molecule has 29 heavy (non-hydrogen) atoms. The van der Waals surface area contributed by atoms with Crippen LogP contribution in [0.3, 0.4) is 0 Å². The maximum Gasteiger partial charge on any atom is 0.213 e. The Morgan fingerprint density at radius 2 is 1.93 bits per heavy atom. The van der Waals surface area contributed by atoms with Crippen LogP contribution in [0, 0.1) is 0 Å². The summed E-state index contributed by atoms with van der Waals surface area (Å²) in [5.74, 6) is 0.717. The summed E-state index contributed by atoms with van der Waals surface area (Å²) in [6, 6.07) is 11.3. The van der Waals surface area contributed by atoms with Crippen molar-refractivity contribution in [1.29, 1.82) is 0 Å². The zero-order valence-corrected chi connectivity index (χ0v) is 17.4. The van der Waals surface area contributed by atoms with Gasteiger partial charge in [-0.15, -0.1) is 0 Å². The molecule has 0 radical (unpaired) electrons. The first-order valence-electron chi connectivity index (χ1n) is 9.64. The highest BCUT2D eigenvalue weighted by molar-refractivity contribution is 7.89. The van der Waals surface area contributed by atoms with Crippen molar-refractivity contribution in [1.82, 2.24) is 25.0 Å². The third-order valence-electron chi connectivity index (χ3n) is 4.75. The molecule has 0 aliphatic carbocycles. The van der Waals surface area contributed by atoms with Gasteiger partial charge in [-0.25, -0.2) is 13.1 Å². The predicted octanol–water partition coefficient (Wildman–Crippen LogP) is 0.487. The van der Waals surface area contributed by atoms with Gasteiger partial charge in [0.05, 0.1) is 11.4 Å². The first-order chi connectivity index (χ1) is 14.1. The van der Waals surface area contributed by atoms with E-state index in [0.717, 1.165) is 49.9 Å². The molecule has 2 heterocycles. The van der Waals surface area contributed by atoms with E-state index >= 15 is 0 Å². The number of hydrogen-bond acceptors (Lipinski definition) is 6. The van der Waals surface area contributed by atoms with Crippen molar-refractivity contribution in [3.8, 4) is 0 Å². The Morgan fingerprint density at radius 3 is 2.59 bits per heavy atom. The molecule has 0 bridgehead atoms. The van der Waals surface area contributed by atoms with Crippen LogP contribution in [0.2, 0.25) is 0 Å². The SMILES string of the molecule is CN=C(NCCS(=O)(=O)NCc1ccccc1)N1CCN(Cc2ccon2)CC1. The number of guanidine groups is 1. The minimum Gasteiger partial charge on any atom is -0.364 e. The summed E-state index contributed by atoms with van der Waals surface area (Å²) in [6.45, 7) is 4.76. The fraction of sp³-hybridized carbons (Fsp3) is 0.474. The molecule has 0 spiro atoms. The highest BCUT2D eigenvalue weighted by Crippen LogP contribution is 2.07. The molecule has 1 aliphatic rings. The Kier molecular flexibility index (Phi) is 7.62. The minimum absolute atomic E-state index is 0.00895. The number of aromatic nitrogens is 1. The standard InChI is InChI=1S/C19H28N6O3S/c1-20-19(25-11-9-24(10-12-25)16-18-7-13-28-23-18)21-8-14-29(26,27)22-15-17-5-3-2-4-6-17/h2-7,13,22H,8-12,14-16H2,1H3,(H,20,21). The maximum atomic E-state index is 12.2. The molecule has 10 heteroatoms. The van der Waals surface area contributed by atoms with E-state index < -0.39 is 10.0 Å². The van der Waals surface area contributed by atoms with Crippen LogP contribution in [0.1, 0.15) is 11.3 Å². The van der Waals surface area contributed by atoms with Gasteiger partial charge in [0.2, 0.25) is 10.0 Å². The largest absolute Gasteiger partial charge is 0.364 e. The van der Waals surface area contributed by atoms with E-state index in [2.05, 4.69) is 30.0 Å². The third kappa shape index (κ3) is 6.84. The van der Waals surface area contributed by atoms with E-state index in [9.17, 15) is 8.42 Å². The van der Waals surface area contributed by atoms with E-state index in [1.165, 1.54) is 0 Å². The lowest BCUT2D eigenvalue weighted by Crippen LogP contribution is -2.52. The van der Waals surface area contributed by atoms with Crippen molar-refractivity contribution in [3.63, 3.8) is 0 Å². The lowest BCUT2D eigenvalue weighted by molar-refractivity contribution is 0.169. The molecule has 1 aromatic heterocycles. The molecule has 0 amide bonds. The Bertz CT molecular complexity index is 863. The molecule has 3 rings (SSSR count). The second-order valence-corrected chi connectivity index (χ2v) is 8.78. The monoisotopic (exact) mass is 420 g/mol. The van der Waals surface area contributed by atoms with Gasteiger partial charge in [0.15, 0.2) is 5.96 Å². The Labute approximate surface area is 171 Å². The molecule has 2 aromatic rings. The maximum absolute atomic E-state index is 12.2. The van der Waals surface area contributed by atoms with Gasteiger partial charge in [0.1, 0.15) is 6.26 Å². The number of benzene rings is 1. The van der Waals surface area contributed by atoms with Gasteiger partial charge in [0.25, 0.3) is 0 Å². The van der Waals surface area contributed by atoms with Crippen LogP contribution in [-0.2, 0) is 23.1 Å². The highest BCUT2D eigenvalue weighted by Gasteiger charge is 2.20. The molecular weight excluding hydrogens is 392 g/mol. The summed E-state index contributed by atoms with van der Waals surface area (Å²) >= 11 is 0. The molecule has 1 saturated heterocycles. The van der Waals surface area contributed by atoms with E-state index in [1.54, 1.807) is 13.3 Å². The summed E-state index contributed by atoms with van der Waals surface area (Å²) in [5.41, 5.74) is 1.86. The number of piperazine rings is 1. The normalized spacial score (nSPS) is 16.2. The van der Waals surface area contributed by atoms with Crippen molar-refractivity contribution < 1.29 is 12.9 Å². The van der Waals surface area contributed by atoms with Crippen LogP contribution >= 0.6 is 0 Å². The van der Waals surface area contributed by atoms with Crippen LogP contribution in [0.5, 0.6) is 0 Å². The van der Waals surface area contributed by atoms with Crippen LogP contribution < -0.4 is 10.0 Å². The summed E-state index contributed by atoms with van der Waals surface area (Å²) < 4.78 is 31.9. The molecule has 0 unspecified atom stereocenters. The average Bonchev–Trinajstić information content (AvgIpc) is 3.24. The topological polar surface area (TPSA) is 103 Å². The first-order valence-corrected chi connectivity index (χ1v) is 11.3. The summed E-state index contributed by atoms with van der Waals surface area (Å²) in [4.78, 5) is 8.74. The van der Waals surface area contributed by atoms with E-state index in [1.807, 2.05) is 36.4 Å². The predicted molar refractivity (Wildman–Crippen MR) is 112 cm³/mol. The van der Waals surface area contributed by atoms with Gasteiger partial charge < -0.3 is 14.7 Å². The Hall–Kier alpha value is -2.43. The fourth-order valence-electron chi connectivity index (χ4n) is 3.16. The summed E-state index contributed by atoms with van der Waals surface area (Å²) in [6.07, 6.45) is 1.58. The molecule has 2 N–H and O–H groups in total. The van der Waals surface area contributed by atoms with Crippen molar-refractivity contribution in [3.05, 3.63) is 53.9 Å². The van der Waals surface area contributed by atoms with Gasteiger partial charge in [-0.3, -0.25) is 9.89 Å². The number of nitrogens with one attached hydrogen (secondary N) is 2. The molecule has 158 valence electrons. The molecule has 0 atom stereocenters. The van der Waals surface area contributed by atoms with Crippen molar-refractivity contribution in [2.45, 2.75) is 13.1 Å². The van der Waals surface area contributed by atoms with E-state index in [-0.39, 0.29) is 5.75 Å². The smallest absolute Gasteiger partial charge is 0.213 e. The van der Waals surface area contributed by atoms with Crippen molar-refractivity contribution in [2.75, 3.05) is 45.5 Å². The number of hydrogen-bond donors (Lipinski definition) is 2. The van der Waals surface area contributed by atoms with Crippen LogP contribution in [0.15, 0.2) is 52.2 Å². The second-order valence-electron chi connectivity index (χ2n) is 6.85. The fourth-order valence-corrected chi connectivity index (χ4v) is 4.06. The minimum atomic E-state index is -3.36. The average molecular weight is 421 g/mol. The molecular formula is C19H28N6O3S. The van der Waals surface area contributed by atoms with Crippen LogP contribution in [-0.4, -0.2) is 74.9 Å². The molecule has 1 aromatic carbocycles. The molecule has 1 fully saturated rings. The second kappa shape index (κ2) is 10.4. The highest BCUT2D eigenvalue weighted by atomic mass is 32.2. The Balaban J connectivity index is 1.39. The van der Waals surface area contributed by atoms with Crippen molar-refractivity contribution >= 4 is 16.0 Å². The number of aliphatic imine (C=N–C) groups is 1. The Morgan fingerprint density at radius 1 is 1.17 bits per heavy atom. The quantitative estimate of drug-likeness (QED) is 0.473. The zero-order chi connectivity index (χ0) is 20.5. The van der Waals surface area contributed by atoms with Gasteiger partial charge in [-0.2, -0.15) is 0 Å². The van der Waals surface area contributed by atoms with Gasteiger partial charge >= 0.3 is 0 Å². The lowest BCUT2D eigenvalue weighted by Gasteiger charge is -2.36. The van der Waals surface area contributed by atoms with Gasteiger partial charge in [0, 0.05) is 58.9 Å². The van der Waals surface area contributed by atoms with Gasteiger partial charge in [-0.1, -0.05) is 35.5 Å². The van der Waals surface area contributed by atoms with Crippen molar-refractivity contribution in [2.24, 2.45) is 4.99 Å². The molecule has 1 aliphatic heterocycles.